The van der Waals surface area contributed by atoms with Crippen molar-refractivity contribution in [3.05, 3.63) is 35.4 Å². The molecule has 9 heteroatoms. The van der Waals surface area contributed by atoms with Gasteiger partial charge in [0.15, 0.2) is 0 Å². The van der Waals surface area contributed by atoms with Gasteiger partial charge in [-0.25, -0.2) is 0 Å². The first-order valence-electron chi connectivity index (χ1n) is 6.49. The first-order chi connectivity index (χ1) is 10.4. The minimum Gasteiger partial charge on any atom is -0.293 e. The molecule has 0 saturated carbocycles. The van der Waals surface area contributed by atoms with Gasteiger partial charge >= 0.3 is 18.3 Å². The highest BCUT2D eigenvalue weighted by atomic mass is 19.4. The summed E-state index contributed by atoms with van der Waals surface area (Å²) in [4.78, 5) is 10.9. The van der Waals surface area contributed by atoms with Crippen molar-refractivity contribution in [2.45, 2.75) is 44.0 Å². The minimum absolute atomic E-state index is 0.102. The Morgan fingerprint density at radius 3 is 1.78 bits per heavy atom. The van der Waals surface area contributed by atoms with Crippen LogP contribution in [-0.4, -0.2) is 17.9 Å². The summed E-state index contributed by atoms with van der Waals surface area (Å²) in [6.45, 7) is 0. The van der Waals surface area contributed by atoms with Gasteiger partial charge in [0.2, 0.25) is 5.78 Å². The third-order valence-electron chi connectivity index (χ3n) is 3.11. The molecule has 0 aliphatic carbocycles. The van der Waals surface area contributed by atoms with E-state index in [2.05, 4.69) is 0 Å². The summed E-state index contributed by atoms with van der Waals surface area (Å²) in [6.07, 6.45) is -11.3. The van der Waals surface area contributed by atoms with Gasteiger partial charge in [0, 0.05) is 6.42 Å². The fourth-order valence-corrected chi connectivity index (χ4v) is 1.79. The van der Waals surface area contributed by atoms with Gasteiger partial charge in [-0.3, -0.25) is 4.79 Å². The number of Topliss-reactive ketones (excluding diaryl/α,β-unsaturated/α-hetero) is 1. The molecule has 0 unspecified atom stereocenters. The van der Waals surface area contributed by atoms with E-state index in [1.807, 2.05) is 0 Å². The lowest BCUT2D eigenvalue weighted by molar-refractivity contribution is -0.268. The molecule has 0 spiro atoms. The van der Waals surface area contributed by atoms with Gasteiger partial charge < -0.3 is 0 Å². The second-order valence-electron chi connectivity index (χ2n) is 4.90. The third-order valence-corrected chi connectivity index (χ3v) is 3.11. The van der Waals surface area contributed by atoms with Gasteiger partial charge in [0.25, 0.3) is 0 Å². The summed E-state index contributed by atoms with van der Waals surface area (Å²) in [5, 5.41) is 0. The SMILES string of the molecule is O=C(CCCCc1ccc(C(F)(F)F)cc1)C(F)(F)C(F)(F)F. The third kappa shape index (κ3) is 5.18. The summed E-state index contributed by atoms with van der Waals surface area (Å²) in [5.74, 6) is -7.58. The number of alkyl halides is 8. The molecule has 0 bridgehead atoms. The quantitative estimate of drug-likeness (QED) is 0.511. The molecule has 1 nitrogen and oxygen atoms in total. The van der Waals surface area contributed by atoms with Crippen molar-refractivity contribution in [2.75, 3.05) is 0 Å². The Balaban J connectivity index is 2.45. The predicted molar refractivity (Wildman–Crippen MR) is 65.0 cm³/mol. The lowest BCUT2D eigenvalue weighted by atomic mass is 10.0. The summed E-state index contributed by atoms with van der Waals surface area (Å²) in [6, 6.07) is 4.07. The van der Waals surface area contributed by atoms with E-state index in [1.54, 1.807) is 0 Å². The van der Waals surface area contributed by atoms with E-state index in [-0.39, 0.29) is 19.3 Å². The maximum absolute atomic E-state index is 12.6. The molecule has 0 atom stereocenters. The Kier molecular flexibility index (Phi) is 5.76. The van der Waals surface area contributed by atoms with Crippen molar-refractivity contribution < 1.29 is 39.9 Å². The molecule has 0 N–H and O–H groups in total. The Hall–Kier alpha value is -1.67. The first kappa shape index (κ1) is 19.4. The van der Waals surface area contributed by atoms with E-state index in [9.17, 15) is 39.9 Å². The van der Waals surface area contributed by atoms with Crippen molar-refractivity contribution in [3.63, 3.8) is 0 Å². The van der Waals surface area contributed by atoms with Crippen LogP contribution in [0, 0.1) is 0 Å². The highest BCUT2D eigenvalue weighted by molar-refractivity contribution is 5.86. The molecular formula is C14H12F8O. The van der Waals surface area contributed by atoms with Gasteiger partial charge in [-0.2, -0.15) is 35.1 Å². The highest BCUT2D eigenvalue weighted by Crippen LogP contribution is 2.37. The molecule has 23 heavy (non-hydrogen) atoms. The van der Waals surface area contributed by atoms with E-state index in [0.29, 0.717) is 5.56 Å². The summed E-state index contributed by atoms with van der Waals surface area (Å²) in [5.41, 5.74) is -0.380. The van der Waals surface area contributed by atoms with Crippen LogP contribution >= 0.6 is 0 Å². The second kappa shape index (κ2) is 6.84. The summed E-state index contributed by atoms with van der Waals surface area (Å²) in [7, 11) is 0. The molecule has 1 rings (SSSR count). The number of hydrogen-bond donors (Lipinski definition) is 0. The monoisotopic (exact) mass is 348 g/mol. The molecule has 0 heterocycles. The number of aryl methyl sites for hydroxylation is 1. The second-order valence-corrected chi connectivity index (χ2v) is 4.90. The topological polar surface area (TPSA) is 17.1 Å². The Bertz CT molecular complexity index is 527. The zero-order chi connectivity index (χ0) is 17.9. The van der Waals surface area contributed by atoms with E-state index in [4.69, 9.17) is 0 Å². The zero-order valence-corrected chi connectivity index (χ0v) is 11.6. The Morgan fingerprint density at radius 2 is 1.35 bits per heavy atom. The average Bonchev–Trinajstić information content (AvgIpc) is 2.41. The van der Waals surface area contributed by atoms with Crippen molar-refractivity contribution >= 4 is 5.78 Å². The number of carbonyl (C=O) groups is 1. The van der Waals surface area contributed by atoms with Crippen LogP contribution in [0.5, 0.6) is 0 Å². The van der Waals surface area contributed by atoms with Gasteiger partial charge in [-0.1, -0.05) is 12.1 Å². The van der Waals surface area contributed by atoms with E-state index in [1.165, 1.54) is 12.1 Å². The summed E-state index contributed by atoms with van der Waals surface area (Å²) >= 11 is 0. The van der Waals surface area contributed by atoms with E-state index >= 15 is 0 Å². The number of ketones is 1. The molecule has 0 radical (unpaired) electrons. The summed E-state index contributed by atoms with van der Waals surface area (Å²) < 4.78 is 98.1. The lowest BCUT2D eigenvalue weighted by Gasteiger charge is -2.17. The van der Waals surface area contributed by atoms with Gasteiger partial charge in [-0.15, -0.1) is 0 Å². The van der Waals surface area contributed by atoms with Crippen LogP contribution < -0.4 is 0 Å². The van der Waals surface area contributed by atoms with Crippen molar-refractivity contribution in [1.82, 2.24) is 0 Å². The van der Waals surface area contributed by atoms with Gasteiger partial charge in [0.1, 0.15) is 0 Å². The van der Waals surface area contributed by atoms with Crippen LogP contribution in [0.1, 0.15) is 30.4 Å². The van der Waals surface area contributed by atoms with Crippen LogP contribution in [0.25, 0.3) is 0 Å². The Labute approximate surface area is 126 Å². The fraction of sp³-hybridized carbons (Fsp3) is 0.500. The normalized spacial score (nSPS) is 13.2. The van der Waals surface area contributed by atoms with Crippen molar-refractivity contribution in [1.29, 1.82) is 0 Å². The zero-order valence-electron chi connectivity index (χ0n) is 11.6. The molecule has 1 aromatic carbocycles. The number of halogens is 8. The van der Waals surface area contributed by atoms with Gasteiger partial charge in [0.05, 0.1) is 5.56 Å². The smallest absolute Gasteiger partial charge is 0.293 e. The van der Waals surface area contributed by atoms with E-state index < -0.39 is 36.0 Å². The highest BCUT2D eigenvalue weighted by Gasteiger charge is 2.62. The number of unbranched alkanes of at least 4 members (excludes halogenated alkanes) is 1. The first-order valence-corrected chi connectivity index (χ1v) is 6.49. The number of hydrogen-bond acceptors (Lipinski definition) is 1. The minimum atomic E-state index is -5.92. The standard InChI is InChI=1S/C14H12F8O/c15-12(16,14(20,21)22)11(23)4-2-1-3-9-5-7-10(8-6-9)13(17,18)19/h5-8H,1-4H2. The number of carbonyl (C=O) groups excluding carboxylic acids is 1. The van der Waals surface area contributed by atoms with Crippen molar-refractivity contribution in [2.24, 2.45) is 0 Å². The van der Waals surface area contributed by atoms with Crippen LogP contribution in [0.3, 0.4) is 0 Å². The van der Waals surface area contributed by atoms with E-state index in [0.717, 1.165) is 12.1 Å². The maximum Gasteiger partial charge on any atom is 0.461 e. The number of rotatable bonds is 6. The lowest BCUT2D eigenvalue weighted by Crippen LogP contribution is -2.43. The average molecular weight is 348 g/mol. The van der Waals surface area contributed by atoms with Gasteiger partial charge in [-0.05, 0) is 37.0 Å². The molecule has 0 amide bonds. The number of benzene rings is 1. The van der Waals surface area contributed by atoms with Crippen LogP contribution in [-0.2, 0) is 17.4 Å². The molecule has 0 aliphatic rings. The predicted octanol–water partition coefficient (Wildman–Crippen LogP) is 5.18. The van der Waals surface area contributed by atoms with Crippen LogP contribution in [0.15, 0.2) is 24.3 Å². The molecule has 0 fully saturated rings. The molecule has 0 saturated heterocycles. The molecular weight excluding hydrogens is 336 g/mol. The van der Waals surface area contributed by atoms with Crippen LogP contribution in [0.4, 0.5) is 35.1 Å². The molecule has 0 aromatic heterocycles. The molecule has 130 valence electrons. The largest absolute Gasteiger partial charge is 0.461 e. The maximum atomic E-state index is 12.6. The van der Waals surface area contributed by atoms with Crippen molar-refractivity contribution in [3.8, 4) is 0 Å². The molecule has 0 aliphatic heterocycles. The Morgan fingerprint density at radius 1 is 0.826 bits per heavy atom. The molecule has 1 aromatic rings. The van der Waals surface area contributed by atoms with Crippen LogP contribution in [0.2, 0.25) is 0 Å². The fourth-order valence-electron chi connectivity index (χ4n) is 1.79.